The van der Waals surface area contributed by atoms with Crippen molar-refractivity contribution in [1.29, 1.82) is 0 Å². The lowest BCUT2D eigenvalue weighted by Gasteiger charge is -2.10. The smallest absolute Gasteiger partial charge is 0.407 e. The van der Waals surface area contributed by atoms with E-state index in [0.717, 1.165) is 5.56 Å². The minimum absolute atomic E-state index is 0.115. The van der Waals surface area contributed by atoms with Crippen LogP contribution in [0.3, 0.4) is 0 Å². The van der Waals surface area contributed by atoms with Gasteiger partial charge in [-0.15, -0.1) is 0 Å². The Morgan fingerprint density at radius 3 is 2.59 bits per heavy atom. The highest BCUT2D eigenvalue weighted by Gasteiger charge is 2.09. The molecule has 0 radical (unpaired) electrons. The SMILES string of the molecule is [NH3+][C@H](CNC(=O)OCc1ccccc1)C(=O)[O-]. The van der Waals surface area contributed by atoms with Gasteiger partial charge in [0.15, 0.2) is 0 Å². The van der Waals surface area contributed by atoms with Crippen molar-refractivity contribution in [3.8, 4) is 0 Å². The van der Waals surface area contributed by atoms with Crippen LogP contribution < -0.4 is 16.2 Å². The van der Waals surface area contributed by atoms with Gasteiger partial charge >= 0.3 is 6.09 Å². The number of benzene rings is 1. The Balaban J connectivity index is 2.24. The minimum Gasteiger partial charge on any atom is -0.544 e. The average Bonchev–Trinajstić information content (AvgIpc) is 2.34. The van der Waals surface area contributed by atoms with Crippen LogP contribution in [0.1, 0.15) is 5.56 Å². The van der Waals surface area contributed by atoms with E-state index >= 15 is 0 Å². The monoisotopic (exact) mass is 238 g/mol. The predicted octanol–water partition coefficient (Wildman–Crippen LogP) is -1.73. The van der Waals surface area contributed by atoms with Crippen LogP contribution in [0.2, 0.25) is 0 Å². The Kier molecular flexibility index (Phi) is 4.96. The van der Waals surface area contributed by atoms with Crippen molar-refractivity contribution in [1.82, 2.24) is 5.32 Å². The highest BCUT2D eigenvalue weighted by Crippen LogP contribution is 2.00. The Morgan fingerprint density at radius 1 is 1.35 bits per heavy atom. The van der Waals surface area contributed by atoms with Gasteiger partial charge in [-0.3, -0.25) is 0 Å². The summed E-state index contributed by atoms with van der Waals surface area (Å²) in [6.45, 7) is 0.0236. The van der Waals surface area contributed by atoms with E-state index in [0.29, 0.717) is 0 Å². The Bertz CT molecular complexity index is 380. The summed E-state index contributed by atoms with van der Waals surface area (Å²) < 4.78 is 4.87. The van der Waals surface area contributed by atoms with E-state index in [1.165, 1.54) is 0 Å². The summed E-state index contributed by atoms with van der Waals surface area (Å²) >= 11 is 0. The summed E-state index contributed by atoms with van der Waals surface area (Å²) in [5.41, 5.74) is 4.15. The molecule has 1 atom stereocenters. The lowest BCUT2D eigenvalue weighted by molar-refractivity contribution is -0.435. The van der Waals surface area contributed by atoms with Crippen LogP contribution in [0.4, 0.5) is 4.79 Å². The van der Waals surface area contributed by atoms with Gasteiger partial charge in [0.2, 0.25) is 0 Å². The molecule has 1 rings (SSSR count). The second-order valence-electron chi connectivity index (χ2n) is 3.46. The normalized spacial score (nSPS) is 11.6. The number of amides is 1. The molecule has 17 heavy (non-hydrogen) atoms. The summed E-state index contributed by atoms with van der Waals surface area (Å²) in [6, 6.07) is 8.17. The number of hydrogen-bond acceptors (Lipinski definition) is 4. The highest BCUT2D eigenvalue weighted by atomic mass is 16.5. The highest BCUT2D eigenvalue weighted by molar-refractivity contribution is 5.72. The summed E-state index contributed by atoms with van der Waals surface area (Å²) in [6.07, 6.45) is -0.677. The Morgan fingerprint density at radius 2 is 2.00 bits per heavy atom. The van der Waals surface area contributed by atoms with Gasteiger partial charge in [0.25, 0.3) is 0 Å². The lowest BCUT2D eigenvalue weighted by Crippen LogP contribution is -2.71. The van der Waals surface area contributed by atoms with Crippen molar-refractivity contribution < 1.29 is 25.2 Å². The molecule has 0 aromatic heterocycles. The first-order chi connectivity index (χ1) is 8.09. The largest absolute Gasteiger partial charge is 0.544 e. The lowest BCUT2D eigenvalue weighted by atomic mass is 10.2. The molecule has 92 valence electrons. The number of carbonyl (C=O) groups is 2. The molecule has 0 unspecified atom stereocenters. The van der Waals surface area contributed by atoms with Gasteiger partial charge in [-0.2, -0.15) is 0 Å². The maximum Gasteiger partial charge on any atom is 0.407 e. The molecule has 0 spiro atoms. The number of alkyl carbamates (subject to hydrolysis) is 1. The van der Waals surface area contributed by atoms with Crippen LogP contribution >= 0.6 is 0 Å². The van der Waals surface area contributed by atoms with E-state index in [-0.39, 0.29) is 13.2 Å². The molecule has 0 bridgehead atoms. The molecule has 0 aliphatic heterocycles. The van der Waals surface area contributed by atoms with Crippen molar-refractivity contribution in [2.45, 2.75) is 12.6 Å². The van der Waals surface area contributed by atoms with Crippen molar-refractivity contribution in [2.75, 3.05) is 6.54 Å². The molecule has 1 amide bonds. The average molecular weight is 238 g/mol. The summed E-state index contributed by atoms with van der Waals surface area (Å²) in [7, 11) is 0. The second kappa shape index (κ2) is 6.49. The fourth-order valence-corrected chi connectivity index (χ4v) is 1.06. The number of ether oxygens (including phenoxy) is 1. The zero-order valence-electron chi connectivity index (χ0n) is 9.22. The zero-order chi connectivity index (χ0) is 12.7. The molecule has 0 heterocycles. The third-order valence-electron chi connectivity index (χ3n) is 2.04. The van der Waals surface area contributed by atoms with E-state index < -0.39 is 18.1 Å². The first kappa shape index (κ1) is 13.0. The molecule has 6 nitrogen and oxygen atoms in total. The number of nitrogens with one attached hydrogen (secondary N) is 1. The molecule has 0 saturated carbocycles. The maximum atomic E-state index is 11.2. The number of aliphatic carboxylic acids is 1. The minimum atomic E-state index is -1.31. The van der Waals surface area contributed by atoms with Gasteiger partial charge in [0, 0.05) is 0 Å². The first-order valence-electron chi connectivity index (χ1n) is 5.08. The van der Waals surface area contributed by atoms with Gasteiger partial charge < -0.3 is 25.7 Å². The molecule has 0 aliphatic carbocycles. The molecule has 4 N–H and O–H groups in total. The molecule has 1 aromatic carbocycles. The maximum absolute atomic E-state index is 11.2. The van der Waals surface area contributed by atoms with E-state index in [1.807, 2.05) is 30.3 Å². The fraction of sp³-hybridized carbons (Fsp3) is 0.273. The van der Waals surface area contributed by atoms with Gasteiger partial charge in [-0.05, 0) is 5.56 Å². The second-order valence-corrected chi connectivity index (χ2v) is 3.46. The number of quaternary nitrogens is 1. The van der Waals surface area contributed by atoms with Crippen molar-refractivity contribution in [3.05, 3.63) is 35.9 Å². The van der Waals surface area contributed by atoms with Gasteiger partial charge in [0.05, 0.1) is 6.54 Å². The molecule has 0 saturated heterocycles. The van der Waals surface area contributed by atoms with Crippen molar-refractivity contribution in [3.63, 3.8) is 0 Å². The van der Waals surface area contributed by atoms with Crippen LogP contribution in [-0.4, -0.2) is 24.6 Å². The van der Waals surface area contributed by atoms with E-state index in [2.05, 4.69) is 11.1 Å². The fourth-order valence-electron chi connectivity index (χ4n) is 1.06. The van der Waals surface area contributed by atoms with E-state index in [9.17, 15) is 14.7 Å². The standard InChI is InChI=1S/C11H14N2O4/c12-9(10(14)15)6-13-11(16)17-7-8-4-2-1-3-5-8/h1-5,9H,6-7,12H2,(H,13,16)(H,14,15)/t9-/m1/s1. The number of carboxylic acid groups (broad SMARTS) is 1. The Labute approximate surface area is 98.4 Å². The third kappa shape index (κ3) is 4.98. The molecular formula is C11H14N2O4. The summed E-state index contributed by atoms with van der Waals surface area (Å²) in [5, 5.41) is 12.6. The first-order valence-corrected chi connectivity index (χ1v) is 5.08. The molecule has 0 aliphatic rings. The quantitative estimate of drug-likeness (QED) is 0.636. The topological polar surface area (TPSA) is 106 Å². The van der Waals surface area contributed by atoms with Crippen LogP contribution in [-0.2, 0) is 16.1 Å². The summed E-state index contributed by atoms with van der Waals surface area (Å²) in [4.78, 5) is 21.5. The molecule has 6 heteroatoms. The Hall–Kier alpha value is -2.08. The van der Waals surface area contributed by atoms with Gasteiger partial charge in [-0.1, -0.05) is 30.3 Å². The van der Waals surface area contributed by atoms with Crippen molar-refractivity contribution >= 4 is 12.1 Å². The number of carbonyl (C=O) groups excluding carboxylic acids is 2. The molecule has 0 fully saturated rings. The van der Waals surface area contributed by atoms with Crippen LogP contribution in [0, 0.1) is 0 Å². The third-order valence-corrected chi connectivity index (χ3v) is 2.04. The molecule has 1 aromatic rings. The molecular weight excluding hydrogens is 224 g/mol. The van der Waals surface area contributed by atoms with Gasteiger partial charge in [0.1, 0.15) is 18.6 Å². The zero-order valence-corrected chi connectivity index (χ0v) is 9.22. The number of carboxylic acids is 1. The predicted molar refractivity (Wildman–Crippen MR) is 56.3 cm³/mol. The summed E-state index contributed by atoms with van der Waals surface area (Å²) in [5.74, 6) is -1.31. The van der Waals surface area contributed by atoms with E-state index in [1.54, 1.807) is 0 Å². The number of hydrogen-bond donors (Lipinski definition) is 2. The number of rotatable bonds is 5. The van der Waals surface area contributed by atoms with Crippen LogP contribution in [0.5, 0.6) is 0 Å². The van der Waals surface area contributed by atoms with Crippen LogP contribution in [0.15, 0.2) is 30.3 Å². The van der Waals surface area contributed by atoms with Crippen molar-refractivity contribution in [2.24, 2.45) is 0 Å². The van der Waals surface area contributed by atoms with Crippen LogP contribution in [0.25, 0.3) is 0 Å². The van der Waals surface area contributed by atoms with Gasteiger partial charge in [-0.25, -0.2) is 4.79 Å². The van der Waals surface area contributed by atoms with E-state index in [4.69, 9.17) is 4.74 Å².